The number of hydrogen-bond acceptors (Lipinski definition) is 5. The molecule has 4 rings (SSSR count). The molecular weight excluding hydrogens is 410 g/mol. The third-order valence-corrected chi connectivity index (χ3v) is 5.54. The van der Waals surface area contributed by atoms with Gasteiger partial charge in [-0.25, -0.2) is 0 Å². The van der Waals surface area contributed by atoms with Crippen LogP contribution in [0.2, 0.25) is 0 Å². The Morgan fingerprint density at radius 1 is 1.22 bits per heavy atom. The Hall–Kier alpha value is -4.01. The van der Waals surface area contributed by atoms with E-state index in [1.54, 1.807) is 24.0 Å². The molecule has 9 heteroatoms. The van der Waals surface area contributed by atoms with Gasteiger partial charge in [0, 0.05) is 29.9 Å². The molecule has 1 aromatic heterocycles. The normalized spacial score (nSPS) is 15.5. The second-order valence-electron chi connectivity index (χ2n) is 7.82. The molecule has 32 heavy (non-hydrogen) atoms. The molecular formula is C23H23N5O4. The summed E-state index contributed by atoms with van der Waals surface area (Å²) in [7, 11) is 0. The Balaban J connectivity index is 1.43. The van der Waals surface area contributed by atoms with E-state index in [2.05, 4.69) is 10.4 Å². The van der Waals surface area contributed by atoms with Crippen LogP contribution in [-0.2, 0) is 11.3 Å². The highest BCUT2D eigenvalue weighted by Crippen LogP contribution is 2.24. The average Bonchev–Trinajstić information content (AvgIpc) is 3.43. The Kier molecular flexibility index (Phi) is 5.98. The number of benzene rings is 2. The summed E-state index contributed by atoms with van der Waals surface area (Å²) in [5.41, 5.74) is 2.37. The van der Waals surface area contributed by atoms with E-state index in [0.29, 0.717) is 42.7 Å². The number of aryl methyl sites for hydroxylation is 1. The summed E-state index contributed by atoms with van der Waals surface area (Å²) < 4.78 is 1.74. The van der Waals surface area contributed by atoms with Crippen LogP contribution in [0.5, 0.6) is 0 Å². The number of rotatable bonds is 6. The molecule has 3 aromatic rings. The molecule has 1 saturated heterocycles. The van der Waals surface area contributed by atoms with E-state index in [0.717, 1.165) is 5.56 Å². The zero-order valence-corrected chi connectivity index (χ0v) is 17.6. The maximum atomic E-state index is 13.0. The molecule has 0 radical (unpaired) electrons. The number of anilines is 1. The molecule has 164 valence electrons. The fourth-order valence-electron chi connectivity index (χ4n) is 3.95. The lowest BCUT2D eigenvalue weighted by Crippen LogP contribution is -2.43. The fraction of sp³-hybridized carbons (Fsp3) is 0.261. The largest absolute Gasteiger partial charge is 0.327 e. The number of nitrogens with one attached hydrogen (secondary N) is 1. The fourth-order valence-corrected chi connectivity index (χ4v) is 3.95. The molecule has 9 nitrogen and oxygen atoms in total. The van der Waals surface area contributed by atoms with E-state index < -0.39 is 11.0 Å². The molecule has 0 bridgehead atoms. The maximum Gasteiger partial charge on any atom is 0.272 e. The van der Waals surface area contributed by atoms with Gasteiger partial charge in [0.15, 0.2) is 0 Å². The van der Waals surface area contributed by atoms with Crippen molar-refractivity contribution in [2.75, 3.05) is 11.9 Å². The lowest BCUT2D eigenvalue weighted by Gasteiger charge is -2.24. The first kappa shape index (κ1) is 21.2. The minimum Gasteiger partial charge on any atom is -0.327 e. The van der Waals surface area contributed by atoms with Crippen molar-refractivity contribution in [3.63, 3.8) is 0 Å². The minimum absolute atomic E-state index is 0.0372. The summed E-state index contributed by atoms with van der Waals surface area (Å²) in [6.07, 6.45) is 4.61. The van der Waals surface area contributed by atoms with E-state index in [1.807, 2.05) is 30.3 Å². The van der Waals surface area contributed by atoms with Crippen LogP contribution in [0, 0.1) is 17.0 Å². The van der Waals surface area contributed by atoms with Gasteiger partial charge in [-0.05, 0) is 37.5 Å². The molecule has 1 N–H and O–H groups in total. The van der Waals surface area contributed by atoms with Crippen LogP contribution in [0.1, 0.15) is 34.3 Å². The second kappa shape index (κ2) is 9.01. The summed E-state index contributed by atoms with van der Waals surface area (Å²) in [6.45, 7) is 2.64. The first-order valence-electron chi connectivity index (χ1n) is 10.4. The summed E-state index contributed by atoms with van der Waals surface area (Å²) in [5.74, 6) is -0.575. The number of carbonyl (C=O) groups excluding carboxylic acids is 2. The predicted molar refractivity (Wildman–Crippen MR) is 118 cm³/mol. The van der Waals surface area contributed by atoms with E-state index in [1.165, 1.54) is 23.1 Å². The van der Waals surface area contributed by atoms with Crippen molar-refractivity contribution in [2.24, 2.45) is 0 Å². The predicted octanol–water partition coefficient (Wildman–Crippen LogP) is 3.39. The number of nitro benzene ring substituents is 1. The van der Waals surface area contributed by atoms with Crippen molar-refractivity contribution in [1.82, 2.24) is 14.7 Å². The van der Waals surface area contributed by atoms with Gasteiger partial charge in [0.05, 0.1) is 23.4 Å². The van der Waals surface area contributed by atoms with Crippen LogP contribution in [0.3, 0.4) is 0 Å². The SMILES string of the molecule is Cc1cc(C(=O)N2CCCC2C(=O)Nc2cnn(Cc3ccccc3)c2)ccc1[N+](=O)[O-]. The third-order valence-electron chi connectivity index (χ3n) is 5.54. The highest BCUT2D eigenvalue weighted by molar-refractivity contribution is 6.01. The molecule has 0 saturated carbocycles. The number of carbonyl (C=O) groups is 2. The summed E-state index contributed by atoms with van der Waals surface area (Å²) >= 11 is 0. The van der Waals surface area contributed by atoms with Crippen LogP contribution < -0.4 is 5.32 Å². The quantitative estimate of drug-likeness (QED) is 0.473. The summed E-state index contributed by atoms with van der Waals surface area (Å²) in [4.78, 5) is 38.0. The summed E-state index contributed by atoms with van der Waals surface area (Å²) in [5, 5.41) is 18.2. The van der Waals surface area contributed by atoms with Crippen molar-refractivity contribution in [3.05, 3.63) is 87.7 Å². The first-order valence-corrected chi connectivity index (χ1v) is 10.4. The Bertz CT molecular complexity index is 1160. The summed E-state index contributed by atoms with van der Waals surface area (Å²) in [6, 6.07) is 13.5. The van der Waals surface area contributed by atoms with Gasteiger partial charge in [-0.1, -0.05) is 30.3 Å². The van der Waals surface area contributed by atoms with Crippen LogP contribution in [0.4, 0.5) is 11.4 Å². The van der Waals surface area contributed by atoms with Gasteiger partial charge in [0.2, 0.25) is 5.91 Å². The van der Waals surface area contributed by atoms with Crippen LogP contribution in [0.25, 0.3) is 0 Å². The Morgan fingerprint density at radius 3 is 2.72 bits per heavy atom. The number of likely N-dealkylation sites (tertiary alicyclic amines) is 1. The number of hydrogen-bond donors (Lipinski definition) is 1. The molecule has 1 unspecified atom stereocenters. The van der Waals surface area contributed by atoms with Gasteiger partial charge in [0.25, 0.3) is 11.6 Å². The molecule has 1 fully saturated rings. The first-order chi connectivity index (χ1) is 15.4. The average molecular weight is 433 g/mol. The molecule has 2 aromatic carbocycles. The standard InChI is InChI=1S/C23H23N5O4/c1-16-12-18(9-10-20(16)28(31)32)23(30)27-11-5-8-21(27)22(29)25-19-13-24-26(15-19)14-17-6-3-2-4-7-17/h2-4,6-7,9-10,12-13,15,21H,5,8,11,14H2,1H3,(H,25,29). The number of nitrogens with zero attached hydrogens (tertiary/aromatic N) is 4. The number of aromatic nitrogens is 2. The molecule has 0 spiro atoms. The van der Waals surface area contributed by atoms with Crippen molar-refractivity contribution in [3.8, 4) is 0 Å². The zero-order valence-electron chi connectivity index (χ0n) is 17.6. The Labute approximate surface area is 184 Å². The molecule has 2 amide bonds. The molecule has 1 aliphatic rings. The van der Waals surface area contributed by atoms with Gasteiger partial charge in [0.1, 0.15) is 6.04 Å². The lowest BCUT2D eigenvalue weighted by atomic mass is 10.1. The Morgan fingerprint density at radius 2 is 2.00 bits per heavy atom. The van der Waals surface area contributed by atoms with Gasteiger partial charge in [-0.3, -0.25) is 24.4 Å². The molecule has 1 aliphatic heterocycles. The van der Waals surface area contributed by atoms with Gasteiger partial charge in [-0.2, -0.15) is 5.10 Å². The van der Waals surface area contributed by atoms with E-state index in [-0.39, 0.29) is 17.5 Å². The highest BCUT2D eigenvalue weighted by Gasteiger charge is 2.35. The highest BCUT2D eigenvalue weighted by atomic mass is 16.6. The minimum atomic E-state index is -0.601. The topological polar surface area (TPSA) is 110 Å². The van der Waals surface area contributed by atoms with Crippen molar-refractivity contribution >= 4 is 23.2 Å². The smallest absolute Gasteiger partial charge is 0.272 e. The second-order valence-corrected chi connectivity index (χ2v) is 7.82. The maximum absolute atomic E-state index is 13.0. The van der Waals surface area contributed by atoms with Gasteiger partial charge in [-0.15, -0.1) is 0 Å². The zero-order chi connectivity index (χ0) is 22.7. The van der Waals surface area contributed by atoms with E-state index in [4.69, 9.17) is 0 Å². The van der Waals surface area contributed by atoms with E-state index in [9.17, 15) is 19.7 Å². The van der Waals surface area contributed by atoms with Crippen molar-refractivity contribution in [1.29, 1.82) is 0 Å². The number of nitro groups is 1. The molecule has 0 aliphatic carbocycles. The monoisotopic (exact) mass is 433 g/mol. The lowest BCUT2D eigenvalue weighted by molar-refractivity contribution is -0.385. The van der Waals surface area contributed by atoms with Crippen LogP contribution >= 0.6 is 0 Å². The van der Waals surface area contributed by atoms with E-state index >= 15 is 0 Å². The number of amides is 2. The van der Waals surface area contributed by atoms with Crippen molar-refractivity contribution in [2.45, 2.75) is 32.4 Å². The van der Waals surface area contributed by atoms with Crippen LogP contribution in [-0.4, -0.2) is 44.0 Å². The van der Waals surface area contributed by atoms with Crippen LogP contribution in [0.15, 0.2) is 60.9 Å². The molecule has 2 heterocycles. The van der Waals surface area contributed by atoms with Crippen molar-refractivity contribution < 1.29 is 14.5 Å². The molecule has 1 atom stereocenters. The third kappa shape index (κ3) is 4.51. The van der Waals surface area contributed by atoms with Gasteiger partial charge >= 0.3 is 0 Å². The van der Waals surface area contributed by atoms with Gasteiger partial charge < -0.3 is 10.2 Å².